The van der Waals surface area contributed by atoms with E-state index in [0.29, 0.717) is 18.7 Å². The van der Waals surface area contributed by atoms with E-state index in [2.05, 4.69) is 0 Å². The average Bonchev–Trinajstić information content (AvgIpc) is 2.50. The summed E-state index contributed by atoms with van der Waals surface area (Å²) >= 11 is 0. The van der Waals surface area contributed by atoms with E-state index >= 15 is 0 Å². The molecule has 2 aromatic carbocycles. The average molecular weight is 287 g/mol. The molecule has 0 bridgehead atoms. The second-order valence-corrected chi connectivity index (χ2v) is 5.21. The minimum Gasteiger partial charge on any atom is -0.493 e. The summed E-state index contributed by atoms with van der Waals surface area (Å²) in [7, 11) is 0. The van der Waals surface area contributed by atoms with E-state index in [-0.39, 0.29) is 11.7 Å². The van der Waals surface area contributed by atoms with E-state index < -0.39 is 0 Å². The molecule has 0 aliphatic carbocycles. The molecule has 3 heteroatoms. The molecule has 0 heterocycles. The van der Waals surface area contributed by atoms with Gasteiger partial charge in [0, 0.05) is 0 Å². The Kier molecular flexibility index (Phi) is 5.76. The van der Waals surface area contributed by atoms with Crippen molar-refractivity contribution in [3.05, 3.63) is 65.5 Å². The van der Waals surface area contributed by atoms with Crippen LogP contribution in [-0.2, 0) is 0 Å². The van der Waals surface area contributed by atoms with Crippen molar-refractivity contribution in [1.29, 1.82) is 0 Å². The van der Waals surface area contributed by atoms with E-state index in [4.69, 9.17) is 10.5 Å². The van der Waals surface area contributed by atoms with Gasteiger partial charge in [0.25, 0.3) is 0 Å². The molecule has 0 amide bonds. The zero-order chi connectivity index (χ0) is 15.1. The van der Waals surface area contributed by atoms with Crippen LogP contribution in [-0.4, -0.2) is 13.2 Å². The lowest BCUT2D eigenvalue weighted by molar-refractivity contribution is 0.299. The molecule has 0 aliphatic rings. The summed E-state index contributed by atoms with van der Waals surface area (Å²) in [6.45, 7) is 3.10. The molecule has 0 radical (unpaired) electrons. The summed E-state index contributed by atoms with van der Waals surface area (Å²) in [4.78, 5) is 0. The fourth-order valence-electron chi connectivity index (χ4n) is 2.44. The van der Waals surface area contributed by atoms with Crippen molar-refractivity contribution < 1.29 is 9.13 Å². The lowest BCUT2D eigenvalue weighted by Gasteiger charge is -2.16. The van der Waals surface area contributed by atoms with Crippen molar-refractivity contribution >= 4 is 0 Å². The van der Waals surface area contributed by atoms with Crippen LogP contribution in [0.1, 0.15) is 29.9 Å². The van der Waals surface area contributed by atoms with Gasteiger partial charge in [0.2, 0.25) is 0 Å². The quantitative estimate of drug-likeness (QED) is 0.780. The Labute approximate surface area is 125 Å². The smallest absolute Gasteiger partial charge is 0.126 e. The predicted octanol–water partition coefficient (Wildman–Crippen LogP) is 4.04. The van der Waals surface area contributed by atoms with E-state index in [1.54, 1.807) is 6.07 Å². The summed E-state index contributed by atoms with van der Waals surface area (Å²) in [5.74, 6) is 0.784. The Balaban J connectivity index is 1.85. The topological polar surface area (TPSA) is 35.2 Å². The number of aryl methyl sites for hydroxylation is 1. The Morgan fingerprint density at radius 1 is 1.10 bits per heavy atom. The predicted molar refractivity (Wildman–Crippen MR) is 84.1 cm³/mol. The number of hydrogen-bond donors (Lipinski definition) is 1. The van der Waals surface area contributed by atoms with Crippen molar-refractivity contribution in [2.24, 2.45) is 5.73 Å². The standard InChI is InChI=1S/C18H22FNO/c1-14-7-2-5-11-18(14)21-12-6-8-15(13-20)16-9-3-4-10-17(16)19/h2-5,7,9-11,15H,6,8,12-13,20H2,1H3. The SMILES string of the molecule is Cc1ccccc1OCCCC(CN)c1ccccc1F. The Bertz CT molecular complexity index is 571. The highest BCUT2D eigenvalue weighted by Crippen LogP contribution is 2.23. The number of halogens is 1. The minimum atomic E-state index is -0.173. The van der Waals surface area contributed by atoms with E-state index in [0.717, 1.165) is 24.2 Å². The molecule has 21 heavy (non-hydrogen) atoms. The monoisotopic (exact) mass is 287 g/mol. The summed E-state index contributed by atoms with van der Waals surface area (Å²) in [6, 6.07) is 14.8. The molecular weight excluding hydrogens is 265 g/mol. The fourth-order valence-corrected chi connectivity index (χ4v) is 2.44. The normalized spacial score (nSPS) is 12.1. The van der Waals surface area contributed by atoms with Gasteiger partial charge >= 0.3 is 0 Å². The molecule has 2 nitrogen and oxygen atoms in total. The van der Waals surface area contributed by atoms with Gasteiger partial charge in [-0.25, -0.2) is 4.39 Å². The van der Waals surface area contributed by atoms with Gasteiger partial charge in [-0.3, -0.25) is 0 Å². The van der Waals surface area contributed by atoms with Crippen molar-refractivity contribution in [3.63, 3.8) is 0 Å². The second kappa shape index (κ2) is 7.79. The highest BCUT2D eigenvalue weighted by atomic mass is 19.1. The molecule has 0 aliphatic heterocycles. The Morgan fingerprint density at radius 2 is 1.81 bits per heavy atom. The summed E-state index contributed by atoms with van der Waals surface area (Å²) in [5, 5.41) is 0. The molecule has 112 valence electrons. The lowest BCUT2D eigenvalue weighted by Crippen LogP contribution is -2.15. The second-order valence-electron chi connectivity index (χ2n) is 5.21. The third-order valence-electron chi connectivity index (χ3n) is 3.68. The zero-order valence-electron chi connectivity index (χ0n) is 12.4. The molecule has 2 N–H and O–H groups in total. The number of para-hydroxylation sites is 1. The van der Waals surface area contributed by atoms with Gasteiger partial charge in [-0.05, 0) is 55.5 Å². The first-order chi connectivity index (χ1) is 10.2. The first-order valence-electron chi connectivity index (χ1n) is 7.35. The number of ether oxygens (including phenoxy) is 1. The van der Waals surface area contributed by atoms with Gasteiger partial charge in [-0.15, -0.1) is 0 Å². The molecule has 1 atom stereocenters. The number of hydrogen-bond acceptors (Lipinski definition) is 2. The van der Waals surface area contributed by atoms with Crippen LogP contribution in [0.15, 0.2) is 48.5 Å². The van der Waals surface area contributed by atoms with Gasteiger partial charge in [-0.2, -0.15) is 0 Å². The van der Waals surface area contributed by atoms with Crippen LogP contribution in [0.25, 0.3) is 0 Å². The van der Waals surface area contributed by atoms with Crippen LogP contribution in [0.5, 0.6) is 5.75 Å². The highest BCUT2D eigenvalue weighted by molar-refractivity contribution is 5.31. The van der Waals surface area contributed by atoms with Crippen LogP contribution in [0.4, 0.5) is 4.39 Å². The van der Waals surface area contributed by atoms with Crippen LogP contribution in [0.3, 0.4) is 0 Å². The Hall–Kier alpha value is -1.87. The lowest BCUT2D eigenvalue weighted by atomic mass is 9.94. The largest absolute Gasteiger partial charge is 0.493 e. The maximum atomic E-state index is 13.8. The summed E-state index contributed by atoms with van der Waals surface area (Å²) in [5.41, 5.74) is 7.62. The van der Waals surface area contributed by atoms with E-state index in [9.17, 15) is 4.39 Å². The molecule has 0 spiro atoms. The number of benzene rings is 2. The summed E-state index contributed by atoms with van der Waals surface area (Å²) in [6.07, 6.45) is 1.67. The molecule has 1 unspecified atom stereocenters. The first-order valence-corrected chi connectivity index (χ1v) is 7.35. The van der Waals surface area contributed by atoms with Gasteiger partial charge in [-0.1, -0.05) is 36.4 Å². The van der Waals surface area contributed by atoms with Crippen molar-refractivity contribution in [1.82, 2.24) is 0 Å². The Morgan fingerprint density at radius 3 is 2.52 bits per heavy atom. The first kappa shape index (κ1) is 15.5. The molecule has 0 saturated heterocycles. The van der Waals surface area contributed by atoms with Crippen LogP contribution in [0, 0.1) is 12.7 Å². The third-order valence-corrected chi connectivity index (χ3v) is 3.68. The van der Waals surface area contributed by atoms with Gasteiger partial charge < -0.3 is 10.5 Å². The molecule has 2 aromatic rings. The van der Waals surface area contributed by atoms with Crippen molar-refractivity contribution in [2.45, 2.75) is 25.7 Å². The maximum absolute atomic E-state index is 13.8. The van der Waals surface area contributed by atoms with Gasteiger partial charge in [0.05, 0.1) is 6.61 Å². The minimum absolute atomic E-state index is 0.0478. The summed E-state index contributed by atoms with van der Waals surface area (Å²) < 4.78 is 19.5. The third kappa shape index (κ3) is 4.30. The maximum Gasteiger partial charge on any atom is 0.126 e. The number of nitrogens with two attached hydrogens (primary N) is 1. The van der Waals surface area contributed by atoms with Crippen LogP contribution < -0.4 is 10.5 Å². The molecule has 0 saturated carbocycles. The molecule has 0 fully saturated rings. The van der Waals surface area contributed by atoms with Crippen LogP contribution >= 0.6 is 0 Å². The number of rotatable bonds is 7. The van der Waals surface area contributed by atoms with Crippen molar-refractivity contribution in [2.75, 3.05) is 13.2 Å². The molecule has 2 rings (SSSR count). The fraction of sp³-hybridized carbons (Fsp3) is 0.333. The molecular formula is C18H22FNO. The van der Waals surface area contributed by atoms with Crippen molar-refractivity contribution in [3.8, 4) is 5.75 Å². The molecule has 0 aromatic heterocycles. The van der Waals surface area contributed by atoms with E-state index in [1.165, 1.54) is 6.07 Å². The highest BCUT2D eigenvalue weighted by Gasteiger charge is 2.13. The zero-order valence-corrected chi connectivity index (χ0v) is 12.4. The van der Waals surface area contributed by atoms with Crippen LogP contribution in [0.2, 0.25) is 0 Å². The van der Waals surface area contributed by atoms with Gasteiger partial charge in [0.15, 0.2) is 0 Å². The van der Waals surface area contributed by atoms with E-state index in [1.807, 2.05) is 43.3 Å². The van der Waals surface area contributed by atoms with Gasteiger partial charge in [0.1, 0.15) is 11.6 Å².